The maximum absolute atomic E-state index is 12.6. The standard InChI is InChI=1S/C20H16N2O7S/c1-29-15-5-3-2-4-11(15)8-16-18(25)22(20(28)30-16)10-17(24)21-14-7-6-12(23)9-13(14)19(26)27/h2-9,23H,10H2,1H3,(H,21,24)(H,26,27). The first-order valence-corrected chi connectivity index (χ1v) is 9.36. The highest BCUT2D eigenvalue weighted by Crippen LogP contribution is 2.34. The molecule has 0 spiro atoms. The van der Waals surface area contributed by atoms with Crippen molar-refractivity contribution in [3.63, 3.8) is 0 Å². The zero-order valence-electron chi connectivity index (χ0n) is 15.6. The van der Waals surface area contributed by atoms with Gasteiger partial charge in [0, 0.05) is 5.56 Å². The fourth-order valence-corrected chi connectivity index (χ4v) is 3.54. The number of nitrogens with zero attached hydrogens (tertiary/aromatic N) is 1. The molecule has 0 radical (unpaired) electrons. The van der Waals surface area contributed by atoms with Gasteiger partial charge in [0.2, 0.25) is 5.91 Å². The maximum Gasteiger partial charge on any atom is 0.337 e. The first-order chi connectivity index (χ1) is 14.3. The van der Waals surface area contributed by atoms with Gasteiger partial charge in [-0.2, -0.15) is 0 Å². The predicted octanol–water partition coefficient (Wildman–Crippen LogP) is 2.77. The van der Waals surface area contributed by atoms with Gasteiger partial charge in [0.15, 0.2) is 0 Å². The van der Waals surface area contributed by atoms with Crippen molar-refractivity contribution in [3.8, 4) is 11.5 Å². The number of thioether (sulfide) groups is 1. The SMILES string of the molecule is COc1ccccc1C=C1SC(=O)N(CC(=O)Nc2ccc(O)cc2C(=O)O)C1=O. The molecule has 0 unspecified atom stereocenters. The van der Waals surface area contributed by atoms with Crippen LogP contribution in [0.15, 0.2) is 47.4 Å². The van der Waals surface area contributed by atoms with Crippen LogP contribution in [-0.4, -0.2) is 51.8 Å². The number of carbonyl (C=O) groups is 4. The molecular formula is C20H16N2O7S. The molecule has 2 aromatic rings. The molecule has 0 saturated carbocycles. The summed E-state index contributed by atoms with van der Waals surface area (Å²) >= 11 is 0.690. The number of ether oxygens (including phenoxy) is 1. The quantitative estimate of drug-likeness (QED) is 0.472. The van der Waals surface area contributed by atoms with Crippen LogP contribution < -0.4 is 10.1 Å². The molecule has 1 aliphatic heterocycles. The summed E-state index contributed by atoms with van der Waals surface area (Å²) in [6, 6.07) is 10.3. The third-order valence-electron chi connectivity index (χ3n) is 4.11. The van der Waals surface area contributed by atoms with Gasteiger partial charge in [0.05, 0.1) is 23.3 Å². The van der Waals surface area contributed by atoms with Gasteiger partial charge in [-0.1, -0.05) is 18.2 Å². The maximum atomic E-state index is 12.6. The molecule has 10 heteroatoms. The van der Waals surface area contributed by atoms with Gasteiger partial charge in [0.25, 0.3) is 11.1 Å². The molecule has 9 nitrogen and oxygen atoms in total. The van der Waals surface area contributed by atoms with E-state index in [1.807, 2.05) is 0 Å². The number of carboxylic acids is 1. The minimum absolute atomic E-state index is 0.0677. The molecular weight excluding hydrogens is 412 g/mol. The number of aromatic carboxylic acids is 1. The molecule has 1 fully saturated rings. The molecule has 0 aromatic heterocycles. The highest BCUT2D eigenvalue weighted by Gasteiger charge is 2.36. The Bertz CT molecular complexity index is 1080. The van der Waals surface area contributed by atoms with Gasteiger partial charge >= 0.3 is 5.97 Å². The topological polar surface area (TPSA) is 133 Å². The van der Waals surface area contributed by atoms with Gasteiger partial charge in [-0.3, -0.25) is 19.3 Å². The monoisotopic (exact) mass is 428 g/mol. The van der Waals surface area contributed by atoms with E-state index in [1.165, 1.54) is 25.3 Å². The number of hydrogen-bond acceptors (Lipinski definition) is 7. The van der Waals surface area contributed by atoms with Crippen LogP contribution in [0.1, 0.15) is 15.9 Å². The third kappa shape index (κ3) is 4.44. The fraction of sp³-hybridized carbons (Fsp3) is 0.100. The molecule has 2 aromatic carbocycles. The minimum atomic E-state index is -1.35. The van der Waals surface area contributed by atoms with Crippen LogP contribution in [0.4, 0.5) is 10.5 Å². The zero-order valence-corrected chi connectivity index (χ0v) is 16.4. The van der Waals surface area contributed by atoms with Crippen LogP contribution in [0.2, 0.25) is 0 Å². The number of anilines is 1. The van der Waals surface area contributed by atoms with Crippen LogP contribution in [0, 0.1) is 0 Å². The molecule has 1 aliphatic rings. The number of hydrogen-bond donors (Lipinski definition) is 3. The van der Waals surface area contributed by atoms with Crippen molar-refractivity contribution in [2.75, 3.05) is 19.0 Å². The Kier molecular flexibility index (Phi) is 6.07. The van der Waals surface area contributed by atoms with Gasteiger partial charge < -0.3 is 20.3 Å². The third-order valence-corrected chi connectivity index (χ3v) is 5.02. The van der Waals surface area contributed by atoms with E-state index < -0.39 is 29.6 Å². The number of carbonyl (C=O) groups excluding carboxylic acids is 3. The van der Waals surface area contributed by atoms with Crippen LogP contribution in [0.5, 0.6) is 11.5 Å². The Morgan fingerprint density at radius 1 is 1.20 bits per heavy atom. The van der Waals surface area contributed by atoms with E-state index >= 15 is 0 Å². The number of nitrogens with one attached hydrogen (secondary N) is 1. The average Bonchev–Trinajstić information content (AvgIpc) is 2.97. The normalized spacial score (nSPS) is 14.8. The number of aromatic hydroxyl groups is 1. The molecule has 0 atom stereocenters. The summed E-state index contributed by atoms with van der Waals surface area (Å²) in [5.74, 6) is -2.51. The van der Waals surface area contributed by atoms with Crippen molar-refractivity contribution in [2.24, 2.45) is 0 Å². The highest BCUT2D eigenvalue weighted by molar-refractivity contribution is 8.18. The molecule has 30 heavy (non-hydrogen) atoms. The summed E-state index contributed by atoms with van der Waals surface area (Å²) in [7, 11) is 1.48. The lowest BCUT2D eigenvalue weighted by Crippen LogP contribution is -2.36. The predicted molar refractivity (Wildman–Crippen MR) is 109 cm³/mol. The molecule has 3 N–H and O–H groups in total. The van der Waals surface area contributed by atoms with Gasteiger partial charge in [-0.25, -0.2) is 4.79 Å². The van der Waals surface area contributed by atoms with Crippen LogP contribution in [0.3, 0.4) is 0 Å². The first-order valence-electron chi connectivity index (χ1n) is 8.54. The Labute approximate surface area is 174 Å². The molecule has 0 bridgehead atoms. The second-order valence-electron chi connectivity index (χ2n) is 6.09. The number of amides is 3. The Morgan fingerprint density at radius 2 is 1.93 bits per heavy atom. The van der Waals surface area contributed by atoms with E-state index in [0.717, 1.165) is 11.0 Å². The second-order valence-corrected chi connectivity index (χ2v) is 7.09. The van der Waals surface area contributed by atoms with Crippen molar-refractivity contribution in [1.82, 2.24) is 4.90 Å². The summed E-state index contributed by atoms with van der Waals surface area (Å²) in [6.07, 6.45) is 1.50. The number of benzene rings is 2. The Balaban J connectivity index is 1.75. The van der Waals surface area contributed by atoms with Crippen LogP contribution in [-0.2, 0) is 9.59 Å². The van der Waals surface area contributed by atoms with E-state index in [1.54, 1.807) is 24.3 Å². The fourth-order valence-electron chi connectivity index (χ4n) is 2.71. The van der Waals surface area contributed by atoms with Crippen LogP contribution in [0.25, 0.3) is 6.08 Å². The second kappa shape index (κ2) is 8.70. The zero-order chi connectivity index (χ0) is 21.8. The largest absolute Gasteiger partial charge is 0.508 e. The summed E-state index contributed by atoms with van der Waals surface area (Å²) < 4.78 is 5.22. The number of para-hydroxylation sites is 1. The number of methoxy groups -OCH3 is 1. The average molecular weight is 428 g/mol. The molecule has 0 aliphatic carbocycles. The van der Waals surface area contributed by atoms with Crippen molar-refractivity contribution in [2.45, 2.75) is 0 Å². The lowest BCUT2D eigenvalue weighted by atomic mass is 10.1. The van der Waals surface area contributed by atoms with E-state index in [0.29, 0.717) is 23.1 Å². The molecule has 154 valence electrons. The van der Waals surface area contributed by atoms with E-state index in [9.17, 15) is 29.4 Å². The summed E-state index contributed by atoms with van der Waals surface area (Å²) in [4.78, 5) is 49.3. The Hall–Kier alpha value is -3.79. The van der Waals surface area contributed by atoms with Gasteiger partial charge in [0.1, 0.15) is 18.0 Å². The lowest BCUT2D eigenvalue weighted by Gasteiger charge is -2.13. The molecule has 3 rings (SSSR count). The summed E-state index contributed by atoms with van der Waals surface area (Å²) in [5.41, 5.74) is 0.209. The van der Waals surface area contributed by atoms with E-state index in [2.05, 4.69) is 5.32 Å². The number of phenolic OH excluding ortho intramolecular Hbond substituents is 1. The summed E-state index contributed by atoms with van der Waals surface area (Å²) in [6.45, 7) is -0.589. The van der Waals surface area contributed by atoms with Crippen LogP contribution >= 0.6 is 11.8 Å². The molecule has 3 amide bonds. The molecule has 1 heterocycles. The van der Waals surface area contributed by atoms with Crippen molar-refractivity contribution < 1.29 is 34.1 Å². The minimum Gasteiger partial charge on any atom is -0.508 e. The Morgan fingerprint density at radius 3 is 2.63 bits per heavy atom. The van der Waals surface area contributed by atoms with E-state index in [-0.39, 0.29) is 21.9 Å². The smallest absolute Gasteiger partial charge is 0.337 e. The van der Waals surface area contributed by atoms with E-state index in [4.69, 9.17) is 4.74 Å². The summed E-state index contributed by atoms with van der Waals surface area (Å²) in [5, 5.41) is 20.3. The number of carboxylic acid groups (broad SMARTS) is 1. The molecule has 1 saturated heterocycles. The lowest BCUT2D eigenvalue weighted by molar-refractivity contribution is -0.127. The van der Waals surface area contributed by atoms with Crippen molar-refractivity contribution >= 4 is 46.5 Å². The van der Waals surface area contributed by atoms with Crippen molar-refractivity contribution in [3.05, 3.63) is 58.5 Å². The van der Waals surface area contributed by atoms with Gasteiger partial charge in [-0.05, 0) is 42.1 Å². The van der Waals surface area contributed by atoms with Gasteiger partial charge in [-0.15, -0.1) is 0 Å². The highest BCUT2D eigenvalue weighted by atomic mass is 32.2. The number of rotatable bonds is 6. The number of imide groups is 1. The first kappa shape index (κ1) is 20.9. The number of phenols is 1. The van der Waals surface area contributed by atoms with Crippen molar-refractivity contribution in [1.29, 1.82) is 0 Å².